The molecule has 8 nitrogen and oxygen atoms in total. The summed E-state index contributed by atoms with van der Waals surface area (Å²) in [7, 11) is 0. The molecule has 0 saturated carbocycles. The maximum atomic E-state index is 14.1. The van der Waals surface area contributed by atoms with Crippen molar-refractivity contribution in [3.63, 3.8) is 0 Å². The number of anilines is 1. The third-order valence-electron chi connectivity index (χ3n) is 4.33. The summed E-state index contributed by atoms with van der Waals surface area (Å²) in [4.78, 5) is 28.6. The van der Waals surface area contributed by atoms with Crippen LogP contribution in [0.5, 0.6) is 5.75 Å². The van der Waals surface area contributed by atoms with Crippen LogP contribution < -0.4 is 15.4 Å². The van der Waals surface area contributed by atoms with Gasteiger partial charge in [0.1, 0.15) is 29.8 Å². The molecule has 30 heavy (non-hydrogen) atoms. The Hall–Kier alpha value is -3.70. The highest BCUT2D eigenvalue weighted by Gasteiger charge is 2.35. The number of nitrogens with one attached hydrogen (secondary N) is 2. The zero-order valence-corrected chi connectivity index (χ0v) is 15.2. The monoisotopic (exact) mass is 423 g/mol. The van der Waals surface area contributed by atoms with Crippen LogP contribution in [0.2, 0.25) is 0 Å². The third-order valence-corrected chi connectivity index (χ3v) is 4.33. The molecule has 0 saturated heterocycles. The van der Waals surface area contributed by atoms with Gasteiger partial charge >= 0.3 is 6.18 Å². The lowest BCUT2D eigenvalue weighted by Gasteiger charge is -2.13. The van der Waals surface area contributed by atoms with Crippen LogP contribution in [0.3, 0.4) is 0 Å². The molecule has 1 atom stereocenters. The first kappa shape index (κ1) is 19.6. The number of pyridine rings is 1. The number of carbonyl (C=O) groups is 2. The number of fused-ring (bicyclic) bond motifs is 2. The number of amides is 2. The van der Waals surface area contributed by atoms with Crippen molar-refractivity contribution in [2.75, 3.05) is 11.9 Å². The molecular formula is C18H13F4N5O3. The van der Waals surface area contributed by atoms with Crippen molar-refractivity contribution in [2.24, 2.45) is 0 Å². The number of hydrogen-bond acceptors (Lipinski definition) is 5. The molecule has 2 N–H and O–H groups in total. The van der Waals surface area contributed by atoms with Crippen LogP contribution in [0.1, 0.15) is 21.9 Å². The van der Waals surface area contributed by atoms with Crippen LogP contribution in [0.4, 0.5) is 23.2 Å². The molecule has 0 aliphatic carbocycles. The second-order valence-corrected chi connectivity index (χ2v) is 6.56. The van der Waals surface area contributed by atoms with E-state index in [1.807, 2.05) is 0 Å². The highest BCUT2D eigenvalue weighted by atomic mass is 19.4. The standard InChI is InChI=1S/C18H13F4N5O3/c1-8-5-9(19)14-11(6-8)30-7-10(16(28)25-14)23-17(29)15-24-13-4-2-3-12(18(20,21)22)27(13)26-15/h2-6,10H,7H2,1H3,(H,23,29)(H,25,28). The van der Waals surface area contributed by atoms with Crippen molar-refractivity contribution < 1.29 is 31.9 Å². The van der Waals surface area contributed by atoms with Gasteiger partial charge in [-0.2, -0.15) is 13.2 Å². The molecule has 1 aliphatic heterocycles. The summed E-state index contributed by atoms with van der Waals surface area (Å²) in [5, 5.41) is 8.23. The van der Waals surface area contributed by atoms with E-state index in [0.29, 0.717) is 10.1 Å². The molecule has 3 aromatic rings. The van der Waals surface area contributed by atoms with Crippen LogP contribution in [-0.4, -0.2) is 39.1 Å². The zero-order valence-electron chi connectivity index (χ0n) is 15.2. The normalized spacial score (nSPS) is 16.4. The molecule has 3 heterocycles. The molecule has 0 spiro atoms. The van der Waals surface area contributed by atoms with Gasteiger partial charge in [-0.25, -0.2) is 13.9 Å². The van der Waals surface area contributed by atoms with E-state index in [-0.39, 0.29) is 23.7 Å². The lowest BCUT2D eigenvalue weighted by atomic mass is 10.2. The fourth-order valence-corrected chi connectivity index (χ4v) is 2.95. The van der Waals surface area contributed by atoms with E-state index in [2.05, 4.69) is 20.7 Å². The van der Waals surface area contributed by atoms with Gasteiger partial charge in [-0.3, -0.25) is 9.59 Å². The van der Waals surface area contributed by atoms with Crippen molar-refractivity contribution in [3.8, 4) is 5.75 Å². The van der Waals surface area contributed by atoms with Gasteiger partial charge < -0.3 is 15.4 Å². The molecule has 156 valence electrons. The Labute approximate surface area is 165 Å². The maximum Gasteiger partial charge on any atom is 0.433 e. The second-order valence-electron chi connectivity index (χ2n) is 6.56. The van der Waals surface area contributed by atoms with E-state index < -0.39 is 41.4 Å². The highest BCUT2D eigenvalue weighted by Crippen LogP contribution is 2.31. The minimum atomic E-state index is -4.70. The van der Waals surface area contributed by atoms with E-state index in [4.69, 9.17) is 4.74 Å². The Morgan fingerprint density at radius 1 is 1.33 bits per heavy atom. The number of hydrogen-bond donors (Lipinski definition) is 2. The van der Waals surface area contributed by atoms with Gasteiger partial charge in [0.05, 0.1) is 0 Å². The van der Waals surface area contributed by atoms with Gasteiger partial charge in [-0.05, 0) is 36.8 Å². The Morgan fingerprint density at radius 2 is 2.10 bits per heavy atom. The molecule has 12 heteroatoms. The molecule has 0 radical (unpaired) electrons. The maximum absolute atomic E-state index is 14.1. The number of carbonyl (C=O) groups excluding carboxylic acids is 2. The number of ether oxygens (including phenoxy) is 1. The largest absolute Gasteiger partial charge is 0.489 e. The van der Waals surface area contributed by atoms with Gasteiger partial charge in [0.15, 0.2) is 11.5 Å². The first-order chi connectivity index (χ1) is 14.1. The summed E-state index contributed by atoms with van der Waals surface area (Å²) in [5.74, 6) is -2.92. The second kappa shape index (κ2) is 6.97. The van der Waals surface area contributed by atoms with Crippen LogP contribution in [0, 0.1) is 12.7 Å². The average Bonchev–Trinajstić information content (AvgIpc) is 3.04. The van der Waals surface area contributed by atoms with Crippen LogP contribution in [0.25, 0.3) is 5.65 Å². The summed E-state index contributed by atoms with van der Waals surface area (Å²) >= 11 is 0. The number of aryl methyl sites for hydroxylation is 1. The van der Waals surface area contributed by atoms with Gasteiger partial charge in [0.2, 0.25) is 5.82 Å². The minimum Gasteiger partial charge on any atom is -0.489 e. The predicted molar refractivity (Wildman–Crippen MR) is 94.5 cm³/mol. The van der Waals surface area contributed by atoms with E-state index in [1.54, 1.807) is 6.92 Å². The number of rotatable bonds is 2. The number of halogens is 4. The summed E-state index contributed by atoms with van der Waals surface area (Å²) in [6, 6.07) is 4.66. The van der Waals surface area contributed by atoms with Crippen LogP contribution in [-0.2, 0) is 11.0 Å². The van der Waals surface area contributed by atoms with Crippen LogP contribution in [0.15, 0.2) is 30.3 Å². The fraction of sp³-hybridized carbons (Fsp3) is 0.222. The smallest absolute Gasteiger partial charge is 0.433 e. The SMILES string of the molecule is Cc1cc(F)c2c(c1)OCC(NC(=O)c1nc3cccc(C(F)(F)F)n3n1)C(=O)N2. The number of alkyl halides is 3. The Kier molecular flexibility index (Phi) is 4.56. The Bertz CT molecular complexity index is 1170. The lowest BCUT2D eigenvalue weighted by molar-refractivity contribution is -0.142. The first-order valence-corrected chi connectivity index (χ1v) is 8.61. The van der Waals surface area contributed by atoms with Gasteiger partial charge in [0, 0.05) is 0 Å². The van der Waals surface area contributed by atoms with Crippen molar-refractivity contribution in [3.05, 3.63) is 53.2 Å². The molecule has 2 aromatic heterocycles. The molecule has 0 bridgehead atoms. The quantitative estimate of drug-likeness (QED) is 0.617. The Balaban J connectivity index is 1.57. The summed E-state index contributed by atoms with van der Waals surface area (Å²) in [6.07, 6.45) is -4.70. The summed E-state index contributed by atoms with van der Waals surface area (Å²) in [6.45, 7) is 1.32. The van der Waals surface area contributed by atoms with Gasteiger partial charge in [-0.15, -0.1) is 5.10 Å². The minimum absolute atomic E-state index is 0.0956. The fourth-order valence-electron chi connectivity index (χ4n) is 2.95. The average molecular weight is 423 g/mol. The molecule has 2 amide bonds. The predicted octanol–water partition coefficient (Wildman–Crippen LogP) is 2.33. The first-order valence-electron chi connectivity index (χ1n) is 8.61. The lowest BCUT2D eigenvalue weighted by Crippen LogP contribution is -2.46. The van der Waals surface area contributed by atoms with E-state index in [0.717, 1.165) is 12.1 Å². The molecule has 0 fully saturated rings. The van der Waals surface area contributed by atoms with Gasteiger partial charge in [0.25, 0.3) is 11.8 Å². The van der Waals surface area contributed by atoms with Crippen molar-refractivity contribution >= 4 is 23.1 Å². The van der Waals surface area contributed by atoms with Crippen molar-refractivity contribution in [1.82, 2.24) is 19.9 Å². The third kappa shape index (κ3) is 3.51. The molecule has 4 rings (SSSR count). The van der Waals surface area contributed by atoms with Crippen LogP contribution >= 0.6 is 0 Å². The molecule has 1 aliphatic rings. The van der Waals surface area contributed by atoms with E-state index in [9.17, 15) is 27.2 Å². The molecular weight excluding hydrogens is 410 g/mol. The van der Waals surface area contributed by atoms with E-state index >= 15 is 0 Å². The summed E-state index contributed by atoms with van der Waals surface area (Å²) in [5.41, 5.74) is -0.898. The molecule has 1 unspecified atom stereocenters. The van der Waals surface area contributed by atoms with Crippen molar-refractivity contribution in [2.45, 2.75) is 19.1 Å². The molecule has 1 aromatic carbocycles. The number of benzene rings is 1. The number of nitrogens with zero attached hydrogens (tertiary/aromatic N) is 3. The van der Waals surface area contributed by atoms with Gasteiger partial charge in [-0.1, -0.05) is 6.07 Å². The number of aromatic nitrogens is 3. The highest BCUT2D eigenvalue weighted by molar-refractivity contribution is 6.01. The summed E-state index contributed by atoms with van der Waals surface area (Å²) < 4.78 is 59.3. The Morgan fingerprint density at radius 3 is 2.83 bits per heavy atom. The van der Waals surface area contributed by atoms with E-state index in [1.165, 1.54) is 18.2 Å². The zero-order chi connectivity index (χ0) is 21.6. The topological polar surface area (TPSA) is 97.6 Å². The van der Waals surface area contributed by atoms with Crippen molar-refractivity contribution in [1.29, 1.82) is 0 Å².